The van der Waals surface area contributed by atoms with E-state index in [9.17, 15) is 4.79 Å². The van der Waals surface area contributed by atoms with Gasteiger partial charge in [-0.3, -0.25) is 4.79 Å². The summed E-state index contributed by atoms with van der Waals surface area (Å²) < 4.78 is 0. The Balaban J connectivity index is 1.53. The maximum absolute atomic E-state index is 13.2. The van der Waals surface area contributed by atoms with Crippen LogP contribution in [0.15, 0.2) is 31.0 Å². The smallest absolute Gasteiger partial charge is 0.227 e. The molecule has 27 heavy (non-hydrogen) atoms. The van der Waals surface area contributed by atoms with Crippen molar-refractivity contribution in [2.75, 3.05) is 11.9 Å². The summed E-state index contributed by atoms with van der Waals surface area (Å²) in [5.74, 6) is 1.03. The lowest BCUT2D eigenvalue weighted by Crippen LogP contribution is -2.42. The lowest BCUT2D eigenvalue weighted by Gasteiger charge is -2.38. The first-order valence-electron chi connectivity index (χ1n) is 9.97. The number of piperidine rings is 1. The standard InChI is InChI=1S/C20H26N6O/c27-19(15-6-2-1-3-7-15)26-11-5-4-8-18(26)17-9-10-23-20(25-17)24-16-12-21-14-22-13-16/h9-10,12-15,18H,1-8,11H2,(H,23,24,25)/t18-/m1/s1. The second-order valence-electron chi connectivity index (χ2n) is 7.44. The Hall–Kier alpha value is -2.57. The molecule has 0 aromatic carbocycles. The highest BCUT2D eigenvalue weighted by Crippen LogP contribution is 2.34. The molecule has 0 bridgehead atoms. The van der Waals surface area contributed by atoms with Crippen LogP contribution in [0.25, 0.3) is 0 Å². The second-order valence-corrected chi connectivity index (χ2v) is 7.44. The van der Waals surface area contributed by atoms with E-state index in [1.165, 1.54) is 25.6 Å². The number of carbonyl (C=O) groups excluding carboxylic acids is 1. The van der Waals surface area contributed by atoms with Crippen LogP contribution in [0.4, 0.5) is 11.6 Å². The molecule has 0 unspecified atom stereocenters. The fraction of sp³-hybridized carbons (Fsp3) is 0.550. The number of nitrogens with one attached hydrogen (secondary N) is 1. The number of likely N-dealkylation sites (tertiary alicyclic amines) is 1. The van der Waals surface area contributed by atoms with E-state index in [2.05, 4.69) is 25.2 Å². The molecule has 7 heteroatoms. The van der Waals surface area contributed by atoms with Gasteiger partial charge in [-0.2, -0.15) is 0 Å². The number of hydrogen-bond acceptors (Lipinski definition) is 6. The molecule has 1 saturated heterocycles. The molecule has 1 amide bonds. The highest BCUT2D eigenvalue weighted by Gasteiger charge is 2.33. The summed E-state index contributed by atoms with van der Waals surface area (Å²) in [5.41, 5.74) is 1.65. The third-order valence-corrected chi connectivity index (χ3v) is 5.58. The highest BCUT2D eigenvalue weighted by atomic mass is 16.2. The van der Waals surface area contributed by atoms with E-state index >= 15 is 0 Å². The van der Waals surface area contributed by atoms with Crippen molar-refractivity contribution in [1.82, 2.24) is 24.8 Å². The Morgan fingerprint density at radius 3 is 2.63 bits per heavy atom. The minimum Gasteiger partial charge on any atom is -0.334 e. The van der Waals surface area contributed by atoms with E-state index in [0.717, 1.165) is 50.0 Å². The summed E-state index contributed by atoms with van der Waals surface area (Å²) in [6, 6.07) is 1.98. The van der Waals surface area contributed by atoms with Crippen molar-refractivity contribution in [3.8, 4) is 0 Å². The average Bonchev–Trinajstić information content (AvgIpc) is 2.75. The first-order chi connectivity index (χ1) is 13.3. The molecule has 1 aliphatic heterocycles. The Kier molecular flexibility index (Phi) is 5.55. The number of hydrogen-bond donors (Lipinski definition) is 1. The zero-order valence-electron chi connectivity index (χ0n) is 15.5. The van der Waals surface area contributed by atoms with Gasteiger partial charge in [0.05, 0.1) is 29.8 Å². The lowest BCUT2D eigenvalue weighted by atomic mass is 9.87. The molecule has 142 valence electrons. The van der Waals surface area contributed by atoms with Crippen LogP contribution in [0.1, 0.15) is 63.1 Å². The predicted octanol–water partition coefficient (Wildman–Crippen LogP) is 3.64. The number of carbonyl (C=O) groups is 1. The van der Waals surface area contributed by atoms with Gasteiger partial charge >= 0.3 is 0 Å². The van der Waals surface area contributed by atoms with Crippen molar-refractivity contribution in [2.45, 2.75) is 57.4 Å². The molecule has 2 aliphatic rings. The SMILES string of the molecule is O=C(C1CCCCC1)N1CCCC[C@@H]1c1ccnc(Nc2cncnc2)n1. The predicted molar refractivity (Wildman–Crippen MR) is 102 cm³/mol. The highest BCUT2D eigenvalue weighted by molar-refractivity contribution is 5.79. The Morgan fingerprint density at radius 1 is 1.04 bits per heavy atom. The average molecular weight is 366 g/mol. The molecule has 1 atom stereocenters. The van der Waals surface area contributed by atoms with Crippen molar-refractivity contribution < 1.29 is 4.79 Å². The third-order valence-electron chi connectivity index (χ3n) is 5.58. The number of aromatic nitrogens is 4. The molecule has 0 spiro atoms. The summed E-state index contributed by atoms with van der Waals surface area (Å²) >= 11 is 0. The van der Waals surface area contributed by atoms with Crippen LogP contribution in [0.3, 0.4) is 0 Å². The van der Waals surface area contributed by atoms with Gasteiger partial charge in [-0.1, -0.05) is 19.3 Å². The van der Waals surface area contributed by atoms with E-state index in [4.69, 9.17) is 4.98 Å². The Labute approximate surface area is 159 Å². The summed E-state index contributed by atoms with van der Waals surface area (Å²) in [5, 5.41) is 3.14. The van der Waals surface area contributed by atoms with Crippen LogP contribution in [0, 0.1) is 5.92 Å². The van der Waals surface area contributed by atoms with E-state index in [1.807, 2.05) is 6.07 Å². The van der Waals surface area contributed by atoms with Gasteiger partial charge in [0.15, 0.2) is 0 Å². The minimum atomic E-state index is 0.0451. The summed E-state index contributed by atoms with van der Waals surface area (Å²) in [6.07, 6.45) is 15.5. The van der Waals surface area contributed by atoms with Gasteiger partial charge in [0, 0.05) is 18.7 Å². The number of anilines is 2. The summed E-state index contributed by atoms with van der Waals surface area (Å²) in [4.78, 5) is 32.2. The lowest BCUT2D eigenvalue weighted by molar-refractivity contribution is -0.140. The normalized spacial score (nSPS) is 21.0. The maximum atomic E-state index is 13.2. The second kappa shape index (κ2) is 8.41. The Morgan fingerprint density at radius 2 is 1.81 bits per heavy atom. The van der Waals surface area contributed by atoms with Gasteiger partial charge in [0.1, 0.15) is 6.33 Å². The minimum absolute atomic E-state index is 0.0451. The maximum Gasteiger partial charge on any atom is 0.227 e. The van der Waals surface area contributed by atoms with Crippen molar-refractivity contribution in [3.63, 3.8) is 0 Å². The van der Waals surface area contributed by atoms with Gasteiger partial charge in [0.2, 0.25) is 11.9 Å². The molecule has 4 rings (SSSR count). The molecule has 7 nitrogen and oxygen atoms in total. The van der Waals surface area contributed by atoms with Crippen molar-refractivity contribution in [1.29, 1.82) is 0 Å². The van der Waals surface area contributed by atoms with Crippen LogP contribution in [0.2, 0.25) is 0 Å². The van der Waals surface area contributed by atoms with Gasteiger partial charge < -0.3 is 10.2 Å². The quantitative estimate of drug-likeness (QED) is 0.889. The molecular weight excluding hydrogens is 340 g/mol. The molecular formula is C20H26N6O. The van der Waals surface area contributed by atoms with Crippen LogP contribution < -0.4 is 5.32 Å². The van der Waals surface area contributed by atoms with Crippen LogP contribution in [0.5, 0.6) is 0 Å². The number of amides is 1. The largest absolute Gasteiger partial charge is 0.334 e. The fourth-order valence-electron chi connectivity index (χ4n) is 4.20. The van der Waals surface area contributed by atoms with Gasteiger partial charge in [-0.15, -0.1) is 0 Å². The monoisotopic (exact) mass is 366 g/mol. The fourth-order valence-corrected chi connectivity index (χ4v) is 4.20. The Bertz CT molecular complexity index is 762. The molecule has 1 saturated carbocycles. The summed E-state index contributed by atoms with van der Waals surface area (Å²) in [6.45, 7) is 0.833. The topological polar surface area (TPSA) is 83.9 Å². The zero-order valence-corrected chi connectivity index (χ0v) is 15.5. The zero-order chi connectivity index (χ0) is 18.5. The van der Waals surface area contributed by atoms with E-state index in [-0.39, 0.29) is 12.0 Å². The van der Waals surface area contributed by atoms with E-state index < -0.39 is 0 Å². The molecule has 1 aliphatic carbocycles. The molecule has 1 N–H and O–H groups in total. The summed E-state index contributed by atoms with van der Waals surface area (Å²) in [7, 11) is 0. The number of nitrogens with zero attached hydrogens (tertiary/aromatic N) is 5. The first kappa shape index (κ1) is 17.8. The third kappa shape index (κ3) is 4.23. The van der Waals surface area contributed by atoms with Crippen LogP contribution in [-0.2, 0) is 4.79 Å². The van der Waals surface area contributed by atoms with Gasteiger partial charge in [-0.05, 0) is 38.2 Å². The van der Waals surface area contributed by atoms with Crippen molar-refractivity contribution >= 4 is 17.5 Å². The van der Waals surface area contributed by atoms with Crippen LogP contribution in [-0.4, -0.2) is 37.3 Å². The van der Waals surface area contributed by atoms with Gasteiger partial charge in [0.25, 0.3) is 0 Å². The van der Waals surface area contributed by atoms with Crippen molar-refractivity contribution in [2.24, 2.45) is 5.92 Å². The van der Waals surface area contributed by atoms with Gasteiger partial charge in [-0.25, -0.2) is 19.9 Å². The molecule has 0 radical (unpaired) electrons. The van der Waals surface area contributed by atoms with Crippen LogP contribution >= 0.6 is 0 Å². The molecule has 2 aromatic heterocycles. The van der Waals surface area contributed by atoms with Crippen molar-refractivity contribution in [3.05, 3.63) is 36.7 Å². The van der Waals surface area contributed by atoms with E-state index in [0.29, 0.717) is 11.9 Å². The molecule has 2 aromatic rings. The first-order valence-corrected chi connectivity index (χ1v) is 9.97. The number of rotatable bonds is 4. The molecule has 3 heterocycles. The van der Waals surface area contributed by atoms with E-state index in [1.54, 1.807) is 18.6 Å². The molecule has 2 fully saturated rings.